The molecule has 0 radical (unpaired) electrons. The molecule has 132 valence electrons. The Balaban J connectivity index is 1.74. The average molecular weight is 340 g/mol. The van der Waals surface area contributed by atoms with E-state index in [2.05, 4.69) is 20.6 Å². The number of para-hydroxylation sites is 1. The van der Waals surface area contributed by atoms with Gasteiger partial charge in [-0.1, -0.05) is 18.2 Å². The number of anilines is 2. The van der Waals surface area contributed by atoms with Gasteiger partial charge in [-0.25, -0.2) is 9.97 Å². The summed E-state index contributed by atoms with van der Waals surface area (Å²) in [6.45, 7) is 7.20. The number of hydrogen-bond acceptors (Lipinski definition) is 5. The molecule has 1 aliphatic heterocycles. The Morgan fingerprint density at radius 1 is 1.24 bits per heavy atom. The van der Waals surface area contributed by atoms with Crippen molar-refractivity contribution in [1.82, 2.24) is 15.3 Å². The lowest BCUT2D eigenvalue weighted by Crippen LogP contribution is -2.32. The number of hydrogen-bond donors (Lipinski definition) is 2. The van der Waals surface area contributed by atoms with E-state index in [4.69, 9.17) is 4.74 Å². The molecule has 0 aliphatic carbocycles. The van der Waals surface area contributed by atoms with Gasteiger partial charge in [-0.05, 0) is 50.8 Å². The predicted octanol–water partition coefficient (Wildman–Crippen LogP) is 3.05. The second kappa shape index (κ2) is 7.61. The van der Waals surface area contributed by atoms with Crippen LogP contribution in [-0.4, -0.2) is 35.1 Å². The van der Waals surface area contributed by atoms with Crippen LogP contribution in [0.5, 0.6) is 0 Å². The van der Waals surface area contributed by atoms with Crippen LogP contribution in [0.3, 0.4) is 0 Å². The largest absolute Gasteiger partial charge is 0.376 e. The molecule has 1 amide bonds. The summed E-state index contributed by atoms with van der Waals surface area (Å²) in [5.74, 6) is 0.227. The van der Waals surface area contributed by atoms with Crippen LogP contribution in [0.1, 0.15) is 40.2 Å². The van der Waals surface area contributed by atoms with E-state index in [9.17, 15) is 4.79 Å². The Bertz CT molecular complexity index is 750. The SMILES string of the molecule is Cc1cc(C(=O)NCC2CCCO2)nc(Nc2c(C)cccc2C)n1. The topological polar surface area (TPSA) is 76.1 Å². The van der Waals surface area contributed by atoms with Gasteiger partial charge in [0.25, 0.3) is 5.91 Å². The van der Waals surface area contributed by atoms with E-state index in [1.165, 1.54) is 0 Å². The predicted molar refractivity (Wildman–Crippen MR) is 97.3 cm³/mol. The molecule has 6 nitrogen and oxygen atoms in total. The fourth-order valence-electron chi connectivity index (χ4n) is 2.97. The van der Waals surface area contributed by atoms with Gasteiger partial charge in [0.1, 0.15) is 5.69 Å². The molecule has 25 heavy (non-hydrogen) atoms. The van der Waals surface area contributed by atoms with Crippen LogP contribution in [0.25, 0.3) is 0 Å². The summed E-state index contributed by atoms with van der Waals surface area (Å²) in [5.41, 5.74) is 4.29. The van der Waals surface area contributed by atoms with Crippen LogP contribution < -0.4 is 10.6 Å². The molecule has 2 heterocycles. The molecular formula is C19H24N4O2. The zero-order valence-electron chi connectivity index (χ0n) is 14.9. The van der Waals surface area contributed by atoms with Crippen molar-refractivity contribution in [3.8, 4) is 0 Å². The first-order chi connectivity index (χ1) is 12.0. The van der Waals surface area contributed by atoms with E-state index in [1.54, 1.807) is 6.07 Å². The maximum atomic E-state index is 12.4. The van der Waals surface area contributed by atoms with Gasteiger partial charge >= 0.3 is 0 Å². The van der Waals surface area contributed by atoms with Crippen molar-refractivity contribution in [2.45, 2.75) is 39.7 Å². The summed E-state index contributed by atoms with van der Waals surface area (Å²) in [6, 6.07) is 7.76. The third-order valence-electron chi connectivity index (χ3n) is 4.32. The molecule has 3 rings (SSSR count). The van der Waals surface area contributed by atoms with Gasteiger partial charge in [0.05, 0.1) is 6.10 Å². The molecule has 1 aromatic carbocycles. The monoisotopic (exact) mass is 340 g/mol. The van der Waals surface area contributed by atoms with E-state index in [0.717, 1.165) is 42.0 Å². The molecule has 1 aliphatic rings. The minimum Gasteiger partial charge on any atom is -0.376 e. The third kappa shape index (κ3) is 4.33. The van der Waals surface area contributed by atoms with E-state index in [-0.39, 0.29) is 12.0 Å². The van der Waals surface area contributed by atoms with Gasteiger partial charge in [-0.2, -0.15) is 0 Å². The Labute approximate surface area is 148 Å². The van der Waals surface area contributed by atoms with Gasteiger partial charge in [-0.15, -0.1) is 0 Å². The Morgan fingerprint density at radius 3 is 2.68 bits per heavy atom. The highest BCUT2D eigenvalue weighted by Gasteiger charge is 2.18. The lowest BCUT2D eigenvalue weighted by molar-refractivity contribution is 0.0853. The molecule has 1 aromatic heterocycles. The quantitative estimate of drug-likeness (QED) is 0.875. The van der Waals surface area contributed by atoms with Gasteiger partial charge < -0.3 is 15.4 Å². The van der Waals surface area contributed by atoms with Gasteiger partial charge in [0.15, 0.2) is 0 Å². The molecule has 2 aromatic rings. The number of rotatable bonds is 5. The smallest absolute Gasteiger partial charge is 0.270 e. The second-order valence-corrected chi connectivity index (χ2v) is 6.46. The normalized spacial score (nSPS) is 16.7. The van der Waals surface area contributed by atoms with E-state index >= 15 is 0 Å². The highest BCUT2D eigenvalue weighted by atomic mass is 16.5. The first-order valence-electron chi connectivity index (χ1n) is 8.61. The molecule has 2 N–H and O–H groups in total. The molecule has 0 spiro atoms. The first-order valence-corrected chi connectivity index (χ1v) is 8.61. The van der Waals surface area contributed by atoms with Crippen molar-refractivity contribution >= 4 is 17.5 Å². The van der Waals surface area contributed by atoms with Gasteiger partial charge in [0, 0.05) is 24.5 Å². The fraction of sp³-hybridized carbons (Fsp3) is 0.421. The highest BCUT2D eigenvalue weighted by Crippen LogP contribution is 2.22. The minimum atomic E-state index is -0.203. The Kier molecular flexibility index (Phi) is 5.28. The number of carbonyl (C=O) groups excluding carboxylic acids is 1. The molecular weight excluding hydrogens is 316 g/mol. The number of aryl methyl sites for hydroxylation is 3. The first kappa shape index (κ1) is 17.4. The summed E-state index contributed by atoms with van der Waals surface area (Å²) in [6.07, 6.45) is 2.15. The van der Waals surface area contributed by atoms with Crippen LogP contribution in [-0.2, 0) is 4.74 Å². The van der Waals surface area contributed by atoms with Crippen LogP contribution >= 0.6 is 0 Å². The van der Waals surface area contributed by atoms with Gasteiger partial charge in [-0.3, -0.25) is 4.79 Å². The van der Waals surface area contributed by atoms with Crippen molar-refractivity contribution in [2.24, 2.45) is 0 Å². The Morgan fingerprint density at radius 2 is 2.00 bits per heavy atom. The number of aromatic nitrogens is 2. The van der Waals surface area contributed by atoms with Crippen molar-refractivity contribution in [1.29, 1.82) is 0 Å². The van der Waals surface area contributed by atoms with Crippen LogP contribution in [0.15, 0.2) is 24.3 Å². The Hall–Kier alpha value is -2.47. The number of amides is 1. The molecule has 0 bridgehead atoms. The van der Waals surface area contributed by atoms with E-state index < -0.39 is 0 Å². The summed E-state index contributed by atoms with van der Waals surface area (Å²) in [7, 11) is 0. The number of benzene rings is 1. The van der Waals surface area contributed by atoms with Gasteiger partial charge in [0.2, 0.25) is 5.95 Å². The zero-order valence-corrected chi connectivity index (χ0v) is 14.9. The number of carbonyl (C=O) groups is 1. The molecule has 6 heteroatoms. The number of nitrogens with one attached hydrogen (secondary N) is 2. The standard InChI is InChI=1S/C19H24N4O2/c1-12-6-4-7-13(2)17(12)23-19-21-14(3)10-16(22-19)18(24)20-11-15-8-5-9-25-15/h4,6-7,10,15H,5,8-9,11H2,1-3H3,(H,20,24)(H,21,22,23). The molecule has 1 unspecified atom stereocenters. The van der Waals surface area contributed by atoms with Crippen molar-refractivity contribution in [3.63, 3.8) is 0 Å². The minimum absolute atomic E-state index is 0.110. The average Bonchev–Trinajstić information content (AvgIpc) is 3.09. The lowest BCUT2D eigenvalue weighted by atomic mass is 10.1. The fourth-order valence-corrected chi connectivity index (χ4v) is 2.97. The molecule has 1 saturated heterocycles. The van der Waals surface area contributed by atoms with Crippen molar-refractivity contribution in [2.75, 3.05) is 18.5 Å². The maximum absolute atomic E-state index is 12.4. The summed E-state index contributed by atoms with van der Waals surface area (Å²) >= 11 is 0. The highest BCUT2D eigenvalue weighted by molar-refractivity contribution is 5.92. The second-order valence-electron chi connectivity index (χ2n) is 6.46. The lowest BCUT2D eigenvalue weighted by Gasteiger charge is -2.13. The summed E-state index contributed by atoms with van der Waals surface area (Å²) < 4.78 is 5.53. The maximum Gasteiger partial charge on any atom is 0.270 e. The molecule has 1 atom stereocenters. The summed E-state index contributed by atoms with van der Waals surface area (Å²) in [4.78, 5) is 21.2. The van der Waals surface area contributed by atoms with Crippen LogP contribution in [0.4, 0.5) is 11.6 Å². The van der Waals surface area contributed by atoms with E-state index in [0.29, 0.717) is 18.2 Å². The van der Waals surface area contributed by atoms with Crippen LogP contribution in [0.2, 0.25) is 0 Å². The summed E-state index contributed by atoms with van der Waals surface area (Å²) in [5, 5.41) is 6.15. The number of ether oxygens (including phenoxy) is 1. The third-order valence-corrected chi connectivity index (χ3v) is 4.32. The molecule has 1 fully saturated rings. The van der Waals surface area contributed by atoms with Crippen LogP contribution in [0, 0.1) is 20.8 Å². The van der Waals surface area contributed by atoms with Crippen molar-refractivity contribution < 1.29 is 9.53 Å². The van der Waals surface area contributed by atoms with Crippen molar-refractivity contribution in [3.05, 3.63) is 46.8 Å². The molecule has 0 saturated carbocycles. The van der Waals surface area contributed by atoms with E-state index in [1.807, 2.05) is 39.0 Å². The number of nitrogens with zero attached hydrogens (tertiary/aromatic N) is 2. The zero-order chi connectivity index (χ0) is 17.8.